The van der Waals surface area contributed by atoms with Crippen LogP contribution in [0.1, 0.15) is 25.5 Å². The molecule has 0 aliphatic carbocycles. The van der Waals surface area contributed by atoms with Crippen LogP contribution in [0, 0.1) is 0 Å². The van der Waals surface area contributed by atoms with Crippen molar-refractivity contribution < 1.29 is 13.5 Å². The number of benzene rings is 1. The van der Waals surface area contributed by atoms with Crippen molar-refractivity contribution in [3.05, 3.63) is 48.4 Å². The molecule has 2 N–H and O–H groups in total. The standard InChI is InChI=1S/C15H21N3O3S/c1-12(2)18-10-15(16-11-18)22(20,21)17-9-14(19)8-13-6-4-3-5-7-13/h3-7,10-12,14,17,19H,8-9H2,1-2H3. The van der Waals surface area contributed by atoms with E-state index in [0.29, 0.717) is 6.42 Å². The van der Waals surface area contributed by atoms with Crippen molar-refractivity contribution in [1.82, 2.24) is 14.3 Å². The number of hydrogen-bond acceptors (Lipinski definition) is 4. The predicted octanol–water partition coefficient (Wildman–Crippen LogP) is 1.35. The number of hydrogen-bond donors (Lipinski definition) is 2. The fraction of sp³-hybridized carbons (Fsp3) is 0.400. The van der Waals surface area contributed by atoms with Gasteiger partial charge in [-0.25, -0.2) is 18.1 Å². The van der Waals surface area contributed by atoms with Crippen LogP contribution in [0.25, 0.3) is 0 Å². The highest BCUT2D eigenvalue weighted by molar-refractivity contribution is 7.89. The Hall–Kier alpha value is -1.70. The van der Waals surface area contributed by atoms with Crippen molar-refractivity contribution >= 4 is 10.0 Å². The molecule has 0 amide bonds. The van der Waals surface area contributed by atoms with Crippen LogP contribution in [-0.4, -0.2) is 35.7 Å². The summed E-state index contributed by atoms with van der Waals surface area (Å²) in [7, 11) is -3.70. The Bertz CT molecular complexity index is 696. The van der Waals surface area contributed by atoms with Crippen molar-refractivity contribution in [1.29, 1.82) is 0 Å². The smallest absolute Gasteiger partial charge is 0.259 e. The first-order valence-electron chi connectivity index (χ1n) is 7.13. The number of aliphatic hydroxyl groups is 1. The molecule has 22 heavy (non-hydrogen) atoms. The molecule has 1 heterocycles. The fourth-order valence-corrected chi connectivity index (χ4v) is 2.98. The van der Waals surface area contributed by atoms with Gasteiger partial charge in [0.25, 0.3) is 10.0 Å². The molecule has 0 fully saturated rings. The molecule has 2 rings (SSSR count). The second-order valence-corrected chi connectivity index (χ2v) is 7.16. The van der Waals surface area contributed by atoms with Crippen molar-refractivity contribution in [2.24, 2.45) is 0 Å². The van der Waals surface area contributed by atoms with E-state index in [4.69, 9.17) is 0 Å². The normalized spacial score (nSPS) is 13.5. The first-order chi connectivity index (χ1) is 10.4. The van der Waals surface area contributed by atoms with E-state index in [0.717, 1.165) is 5.56 Å². The minimum absolute atomic E-state index is 0.0342. The largest absolute Gasteiger partial charge is 0.391 e. The van der Waals surface area contributed by atoms with Crippen LogP contribution < -0.4 is 4.72 Å². The fourth-order valence-electron chi connectivity index (χ4n) is 1.98. The summed E-state index contributed by atoms with van der Waals surface area (Å²) in [6.45, 7) is 3.83. The number of aliphatic hydroxyl groups excluding tert-OH is 1. The van der Waals surface area contributed by atoms with Gasteiger partial charge in [0.1, 0.15) is 0 Å². The number of nitrogens with one attached hydrogen (secondary N) is 1. The molecule has 0 bridgehead atoms. The van der Waals surface area contributed by atoms with Crippen LogP contribution >= 0.6 is 0 Å². The molecule has 0 aliphatic rings. The summed E-state index contributed by atoms with van der Waals surface area (Å²) in [6, 6.07) is 9.57. The maximum absolute atomic E-state index is 12.1. The third-order valence-electron chi connectivity index (χ3n) is 3.27. The predicted molar refractivity (Wildman–Crippen MR) is 84.0 cm³/mol. The van der Waals surface area contributed by atoms with Crippen LogP contribution in [0.2, 0.25) is 0 Å². The maximum atomic E-state index is 12.1. The zero-order chi connectivity index (χ0) is 16.2. The Kier molecular flexibility index (Phi) is 5.33. The summed E-state index contributed by atoms with van der Waals surface area (Å²) in [4.78, 5) is 3.90. The average molecular weight is 323 g/mol. The summed E-state index contributed by atoms with van der Waals surface area (Å²) in [6.07, 6.45) is 2.57. The second kappa shape index (κ2) is 7.04. The molecule has 1 atom stereocenters. The van der Waals surface area contributed by atoms with Crippen LogP contribution in [0.5, 0.6) is 0 Å². The monoisotopic (exact) mass is 323 g/mol. The Morgan fingerprint density at radius 3 is 2.55 bits per heavy atom. The van der Waals surface area contributed by atoms with Crippen LogP contribution in [-0.2, 0) is 16.4 Å². The Labute approximate surface area is 130 Å². The highest BCUT2D eigenvalue weighted by Gasteiger charge is 2.19. The van der Waals surface area contributed by atoms with E-state index in [1.807, 2.05) is 44.2 Å². The lowest BCUT2D eigenvalue weighted by molar-refractivity contribution is 0.179. The molecule has 0 spiro atoms. The highest BCUT2D eigenvalue weighted by atomic mass is 32.2. The summed E-state index contributed by atoms with van der Waals surface area (Å²) in [5.41, 5.74) is 0.957. The van der Waals surface area contributed by atoms with Gasteiger partial charge < -0.3 is 9.67 Å². The molecule has 0 saturated heterocycles. The quantitative estimate of drug-likeness (QED) is 0.805. The average Bonchev–Trinajstić information content (AvgIpc) is 2.97. The van der Waals surface area contributed by atoms with Gasteiger partial charge in [0.2, 0.25) is 0 Å². The molecule has 120 valence electrons. The Morgan fingerprint density at radius 1 is 1.27 bits per heavy atom. The molecular formula is C15H21N3O3S. The minimum atomic E-state index is -3.70. The number of imidazole rings is 1. The minimum Gasteiger partial charge on any atom is -0.391 e. The van der Waals surface area contributed by atoms with Gasteiger partial charge in [0, 0.05) is 18.8 Å². The molecule has 7 heteroatoms. The van der Waals surface area contributed by atoms with Gasteiger partial charge in [-0.3, -0.25) is 0 Å². The molecular weight excluding hydrogens is 302 g/mol. The van der Waals surface area contributed by atoms with Gasteiger partial charge in [-0.05, 0) is 25.8 Å². The van der Waals surface area contributed by atoms with Crippen LogP contribution in [0.3, 0.4) is 0 Å². The Balaban J connectivity index is 1.94. The summed E-state index contributed by atoms with van der Waals surface area (Å²) in [5, 5.41) is 9.92. The van der Waals surface area contributed by atoms with Crippen molar-refractivity contribution in [2.75, 3.05) is 6.54 Å². The lowest BCUT2D eigenvalue weighted by Crippen LogP contribution is -2.33. The lowest BCUT2D eigenvalue weighted by atomic mass is 10.1. The van der Waals surface area contributed by atoms with Gasteiger partial charge in [0.15, 0.2) is 5.03 Å². The molecule has 0 aliphatic heterocycles. The summed E-state index contributed by atoms with van der Waals surface area (Å²) in [5.74, 6) is 0. The van der Waals surface area contributed by atoms with Crippen molar-refractivity contribution in [3.8, 4) is 0 Å². The Morgan fingerprint density at radius 2 is 1.95 bits per heavy atom. The highest BCUT2D eigenvalue weighted by Crippen LogP contribution is 2.10. The second-order valence-electron chi connectivity index (χ2n) is 5.45. The third kappa shape index (κ3) is 4.40. The van der Waals surface area contributed by atoms with E-state index in [1.54, 1.807) is 4.57 Å². The van der Waals surface area contributed by atoms with E-state index in [-0.39, 0.29) is 17.6 Å². The van der Waals surface area contributed by atoms with Crippen molar-refractivity contribution in [2.45, 2.75) is 37.4 Å². The maximum Gasteiger partial charge on any atom is 0.259 e. The van der Waals surface area contributed by atoms with Crippen molar-refractivity contribution in [3.63, 3.8) is 0 Å². The number of nitrogens with zero attached hydrogens (tertiary/aromatic N) is 2. The van der Waals surface area contributed by atoms with Crippen LogP contribution in [0.15, 0.2) is 47.9 Å². The third-order valence-corrected chi connectivity index (χ3v) is 4.58. The molecule has 0 radical (unpaired) electrons. The topological polar surface area (TPSA) is 84.2 Å². The number of aromatic nitrogens is 2. The first kappa shape index (κ1) is 16.7. The number of rotatable bonds is 7. The zero-order valence-electron chi connectivity index (χ0n) is 12.7. The van der Waals surface area contributed by atoms with E-state index >= 15 is 0 Å². The van der Waals surface area contributed by atoms with Gasteiger partial charge in [0.05, 0.1) is 12.4 Å². The first-order valence-corrected chi connectivity index (χ1v) is 8.62. The van der Waals surface area contributed by atoms with Gasteiger partial charge in [-0.15, -0.1) is 0 Å². The molecule has 0 saturated carbocycles. The summed E-state index contributed by atoms with van der Waals surface area (Å²) >= 11 is 0. The molecule has 1 aromatic carbocycles. The van der Waals surface area contributed by atoms with E-state index in [9.17, 15) is 13.5 Å². The van der Waals surface area contributed by atoms with E-state index in [1.165, 1.54) is 12.5 Å². The molecule has 1 aromatic heterocycles. The summed E-state index contributed by atoms with van der Waals surface area (Å²) < 4.78 is 28.4. The SMILES string of the molecule is CC(C)n1cnc(S(=O)(=O)NCC(O)Cc2ccccc2)c1. The molecule has 1 unspecified atom stereocenters. The van der Waals surface area contributed by atoms with Gasteiger partial charge in [-0.2, -0.15) is 0 Å². The molecule has 6 nitrogen and oxygen atoms in total. The van der Waals surface area contributed by atoms with E-state index < -0.39 is 16.1 Å². The zero-order valence-corrected chi connectivity index (χ0v) is 13.5. The van der Waals surface area contributed by atoms with Crippen LogP contribution in [0.4, 0.5) is 0 Å². The number of sulfonamides is 1. The molecule has 2 aromatic rings. The van der Waals surface area contributed by atoms with E-state index in [2.05, 4.69) is 9.71 Å². The van der Waals surface area contributed by atoms with Gasteiger partial charge >= 0.3 is 0 Å². The lowest BCUT2D eigenvalue weighted by Gasteiger charge is -2.11. The van der Waals surface area contributed by atoms with Gasteiger partial charge in [-0.1, -0.05) is 30.3 Å².